The van der Waals surface area contributed by atoms with Gasteiger partial charge in [0.25, 0.3) is 5.91 Å². The van der Waals surface area contributed by atoms with E-state index in [0.717, 1.165) is 16.9 Å². The Bertz CT molecular complexity index is 875. The fourth-order valence-electron chi connectivity index (χ4n) is 2.55. The first-order valence-corrected chi connectivity index (χ1v) is 7.99. The van der Waals surface area contributed by atoms with E-state index < -0.39 is 0 Å². The summed E-state index contributed by atoms with van der Waals surface area (Å²) in [5, 5.41) is 14.6. The quantitative estimate of drug-likeness (QED) is 0.746. The van der Waals surface area contributed by atoms with Crippen LogP contribution in [0, 0.1) is 0 Å². The SMILES string of the molecule is CCn1nnnc1-c1cccc(C(=O)NCc2ccccc2OC)c1. The van der Waals surface area contributed by atoms with Gasteiger partial charge in [-0.1, -0.05) is 30.3 Å². The van der Waals surface area contributed by atoms with E-state index in [1.807, 2.05) is 43.3 Å². The van der Waals surface area contributed by atoms with Crippen LogP contribution >= 0.6 is 0 Å². The number of tetrazole rings is 1. The molecule has 1 N–H and O–H groups in total. The fraction of sp³-hybridized carbons (Fsp3) is 0.222. The summed E-state index contributed by atoms with van der Waals surface area (Å²) in [4.78, 5) is 12.5. The summed E-state index contributed by atoms with van der Waals surface area (Å²) in [6.07, 6.45) is 0. The van der Waals surface area contributed by atoms with Crippen LogP contribution in [0.3, 0.4) is 0 Å². The zero-order valence-electron chi connectivity index (χ0n) is 14.1. The number of aryl methyl sites for hydroxylation is 1. The van der Waals surface area contributed by atoms with Crippen molar-refractivity contribution < 1.29 is 9.53 Å². The van der Waals surface area contributed by atoms with Crippen molar-refractivity contribution in [2.45, 2.75) is 20.0 Å². The average Bonchev–Trinajstić information content (AvgIpc) is 3.15. The number of methoxy groups -OCH3 is 1. The Labute approximate surface area is 145 Å². The molecule has 1 aromatic heterocycles. The molecule has 0 radical (unpaired) electrons. The number of benzene rings is 2. The van der Waals surface area contributed by atoms with E-state index >= 15 is 0 Å². The number of ether oxygens (including phenoxy) is 1. The molecular weight excluding hydrogens is 318 g/mol. The summed E-state index contributed by atoms with van der Waals surface area (Å²) in [6, 6.07) is 14.9. The second-order valence-corrected chi connectivity index (χ2v) is 5.39. The maximum Gasteiger partial charge on any atom is 0.251 e. The van der Waals surface area contributed by atoms with Crippen molar-refractivity contribution in [3.8, 4) is 17.1 Å². The summed E-state index contributed by atoms with van der Waals surface area (Å²) >= 11 is 0. The Kier molecular flexibility index (Phi) is 5.03. The molecule has 128 valence electrons. The molecule has 2 aromatic carbocycles. The van der Waals surface area contributed by atoms with Crippen LogP contribution in [0.1, 0.15) is 22.8 Å². The maximum atomic E-state index is 12.5. The van der Waals surface area contributed by atoms with Gasteiger partial charge in [-0.25, -0.2) is 4.68 Å². The lowest BCUT2D eigenvalue weighted by molar-refractivity contribution is 0.0950. The van der Waals surface area contributed by atoms with Gasteiger partial charge < -0.3 is 10.1 Å². The van der Waals surface area contributed by atoms with E-state index in [2.05, 4.69) is 20.8 Å². The zero-order valence-corrected chi connectivity index (χ0v) is 14.1. The Morgan fingerprint density at radius 3 is 2.84 bits per heavy atom. The van der Waals surface area contributed by atoms with Gasteiger partial charge in [-0.05, 0) is 35.5 Å². The number of aromatic nitrogens is 4. The van der Waals surface area contributed by atoms with Gasteiger partial charge in [-0.15, -0.1) is 5.10 Å². The molecule has 0 aliphatic carbocycles. The van der Waals surface area contributed by atoms with Crippen LogP contribution in [-0.2, 0) is 13.1 Å². The summed E-state index contributed by atoms with van der Waals surface area (Å²) in [5.41, 5.74) is 2.28. The molecule has 0 bridgehead atoms. The van der Waals surface area contributed by atoms with E-state index in [0.29, 0.717) is 24.5 Å². The van der Waals surface area contributed by atoms with E-state index in [1.165, 1.54) is 0 Å². The van der Waals surface area contributed by atoms with Gasteiger partial charge in [-0.3, -0.25) is 4.79 Å². The number of rotatable bonds is 6. The second-order valence-electron chi connectivity index (χ2n) is 5.39. The second kappa shape index (κ2) is 7.57. The van der Waals surface area contributed by atoms with Gasteiger partial charge in [-0.2, -0.15) is 0 Å². The van der Waals surface area contributed by atoms with Crippen LogP contribution in [0.2, 0.25) is 0 Å². The van der Waals surface area contributed by atoms with Gasteiger partial charge in [0.15, 0.2) is 5.82 Å². The number of nitrogens with one attached hydrogen (secondary N) is 1. The number of amides is 1. The Morgan fingerprint density at radius 1 is 1.20 bits per heavy atom. The normalized spacial score (nSPS) is 10.5. The summed E-state index contributed by atoms with van der Waals surface area (Å²) in [5.74, 6) is 1.23. The Hall–Kier alpha value is -3.22. The lowest BCUT2D eigenvalue weighted by atomic mass is 10.1. The third kappa shape index (κ3) is 3.65. The zero-order chi connectivity index (χ0) is 17.6. The lowest BCUT2D eigenvalue weighted by Crippen LogP contribution is -2.23. The van der Waals surface area contributed by atoms with Crippen molar-refractivity contribution in [3.63, 3.8) is 0 Å². The topological polar surface area (TPSA) is 81.9 Å². The number of carbonyl (C=O) groups is 1. The Balaban J connectivity index is 1.76. The number of para-hydroxylation sites is 1. The molecule has 3 aromatic rings. The van der Waals surface area contributed by atoms with Crippen LogP contribution < -0.4 is 10.1 Å². The van der Waals surface area contributed by atoms with Crippen molar-refractivity contribution >= 4 is 5.91 Å². The minimum atomic E-state index is -0.164. The highest BCUT2D eigenvalue weighted by atomic mass is 16.5. The van der Waals surface area contributed by atoms with Crippen molar-refractivity contribution in [2.24, 2.45) is 0 Å². The molecular formula is C18H19N5O2. The summed E-state index contributed by atoms with van der Waals surface area (Å²) in [6.45, 7) is 3.01. The number of carbonyl (C=O) groups excluding carboxylic acids is 1. The molecule has 0 saturated carbocycles. The number of hydrogen-bond donors (Lipinski definition) is 1. The number of hydrogen-bond acceptors (Lipinski definition) is 5. The predicted molar refractivity (Wildman–Crippen MR) is 93.1 cm³/mol. The molecule has 0 saturated heterocycles. The minimum absolute atomic E-state index is 0.164. The molecule has 1 heterocycles. The smallest absolute Gasteiger partial charge is 0.251 e. The molecule has 7 heteroatoms. The summed E-state index contributed by atoms with van der Waals surface area (Å²) in [7, 11) is 1.61. The molecule has 0 atom stereocenters. The van der Waals surface area contributed by atoms with Crippen LogP contribution in [0.15, 0.2) is 48.5 Å². The molecule has 0 fully saturated rings. The van der Waals surface area contributed by atoms with Gasteiger partial charge in [0, 0.05) is 29.8 Å². The van der Waals surface area contributed by atoms with E-state index in [9.17, 15) is 4.79 Å². The average molecular weight is 337 g/mol. The first kappa shape index (κ1) is 16.6. The highest BCUT2D eigenvalue weighted by molar-refractivity contribution is 5.95. The molecule has 1 amide bonds. The lowest BCUT2D eigenvalue weighted by Gasteiger charge is -2.10. The van der Waals surface area contributed by atoms with Crippen LogP contribution in [0.25, 0.3) is 11.4 Å². The highest BCUT2D eigenvalue weighted by Gasteiger charge is 2.12. The van der Waals surface area contributed by atoms with Crippen LogP contribution in [-0.4, -0.2) is 33.2 Å². The molecule has 0 spiro atoms. The van der Waals surface area contributed by atoms with E-state index in [4.69, 9.17) is 4.74 Å². The van der Waals surface area contributed by atoms with Crippen molar-refractivity contribution in [1.82, 2.24) is 25.5 Å². The molecule has 0 aliphatic rings. The largest absolute Gasteiger partial charge is 0.496 e. The Morgan fingerprint density at radius 2 is 2.04 bits per heavy atom. The van der Waals surface area contributed by atoms with Crippen molar-refractivity contribution in [2.75, 3.05) is 7.11 Å². The molecule has 3 rings (SSSR count). The molecule has 0 aliphatic heterocycles. The number of nitrogens with zero attached hydrogens (tertiary/aromatic N) is 4. The molecule has 7 nitrogen and oxygen atoms in total. The standard InChI is InChI=1S/C18H19N5O2/c1-3-23-17(20-21-22-23)13-8-6-9-14(11-13)18(24)19-12-15-7-4-5-10-16(15)25-2/h4-11H,3,12H2,1-2H3,(H,19,24). The van der Waals surface area contributed by atoms with E-state index in [1.54, 1.807) is 23.9 Å². The van der Waals surface area contributed by atoms with E-state index in [-0.39, 0.29) is 5.91 Å². The predicted octanol–water partition coefficient (Wildman–Crippen LogP) is 2.30. The van der Waals surface area contributed by atoms with Gasteiger partial charge >= 0.3 is 0 Å². The fourth-order valence-corrected chi connectivity index (χ4v) is 2.55. The van der Waals surface area contributed by atoms with Crippen LogP contribution in [0.4, 0.5) is 0 Å². The van der Waals surface area contributed by atoms with Gasteiger partial charge in [0.2, 0.25) is 0 Å². The molecule has 0 unspecified atom stereocenters. The third-order valence-electron chi connectivity index (χ3n) is 3.85. The first-order chi connectivity index (χ1) is 12.2. The van der Waals surface area contributed by atoms with Crippen molar-refractivity contribution in [3.05, 3.63) is 59.7 Å². The maximum absolute atomic E-state index is 12.5. The van der Waals surface area contributed by atoms with Gasteiger partial charge in [0.05, 0.1) is 7.11 Å². The van der Waals surface area contributed by atoms with Gasteiger partial charge in [0.1, 0.15) is 5.75 Å². The van der Waals surface area contributed by atoms with Crippen LogP contribution in [0.5, 0.6) is 5.75 Å². The first-order valence-electron chi connectivity index (χ1n) is 7.99. The molecule has 25 heavy (non-hydrogen) atoms. The minimum Gasteiger partial charge on any atom is -0.496 e. The summed E-state index contributed by atoms with van der Waals surface area (Å²) < 4.78 is 6.99. The monoisotopic (exact) mass is 337 g/mol. The third-order valence-corrected chi connectivity index (χ3v) is 3.85. The highest BCUT2D eigenvalue weighted by Crippen LogP contribution is 2.19. The van der Waals surface area contributed by atoms with Crippen molar-refractivity contribution in [1.29, 1.82) is 0 Å².